The maximum absolute atomic E-state index is 10.0. The van der Waals surface area contributed by atoms with Crippen LogP contribution >= 0.6 is 15.9 Å². The quantitative estimate of drug-likeness (QED) is 0.363. The molecular weight excluding hydrogens is 545 g/mol. The minimum atomic E-state index is -5.89. The van der Waals surface area contributed by atoms with Crippen LogP contribution in [-0.2, 0) is 26.9 Å². The fourth-order valence-corrected chi connectivity index (χ4v) is 4.89. The van der Waals surface area contributed by atoms with Crippen molar-refractivity contribution < 1.29 is 40.2 Å². The summed E-state index contributed by atoms with van der Waals surface area (Å²) in [6.45, 7) is 0. The van der Waals surface area contributed by atoms with Crippen molar-refractivity contribution in [3.05, 3.63) is 91.0 Å². The van der Waals surface area contributed by atoms with E-state index >= 15 is 0 Å². The first kappa shape index (κ1) is 21.9. The molecule has 2 nitrogen and oxygen atoms in total. The van der Waals surface area contributed by atoms with E-state index in [1.165, 1.54) is 15.9 Å². The van der Waals surface area contributed by atoms with Crippen LogP contribution < -0.4 is 20.8 Å². The largest absolute Gasteiger partial charge is 1.00 e. The van der Waals surface area contributed by atoms with Gasteiger partial charge in [-0.25, -0.2) is 0 Å². The molecule has 0 saturated heterocycles. The SMILES string of the molecule is O=P([O-])(F)F.[Au+].c1ccc([PH+](c2ccccc2)c2ccccc2)cc1. The van der Waals surface area contributed by atoms with E-state index < -0.39 is 15.9 Å². The van der Waals surface area contributed by atoms with Gasteiger partial charge in [-0.15, -0.1) is 0 Å². The van der Waals surface area contributed by atoms with Crippen LogP contribution in [0.3, 0.4) is 0 Å². The van der Waals surface area contributed by atoms with Gasteiger partial charge in [-0.2, -0.15) is 8.39 Å². The van der Waals surface area contributed by atoms with Crippen molar-refractivity contribution in [2.24, 2.45) is 0 Å². The first-order chi connectivity index (χ1) is 11.4. The Labute approximate surface area is 162 Å². The van der Waals surface area contributed by atoms with Gasteiger partial charge in [0.05, 0.1) is 7.92 Å². The molecule has 0 aliphatic carbocycles. The van der Waals surface area contributed by atoms with Crippen LogP contribution in [0.25, 0.3) is 0 Å². The molecule has 0 aromatic heterocycles. The van der Waals surface area contributed by atoms with Crippen molar-refractivity contribution in [1.82, 2.24) is 0 Å². The molecule has 7 heteroatoms. The third-order valence-electron chi connectivity index (χ3n) is 3.19. The molecule has 0 fully saturated rings. The topological polar surface area (TPSA) is 40.1 Å². The molecule has 0 unspecified atom stereocenters. The Morgan fingerprint density at radius 2 is 0.840 bits per heavy atom. The number of halogens is 2. The van der Waals surface area contributed by atoms with E-state index in [-0.39, 0.29) is 22.4 Å². The number of hydrogen-bond acceptors (Lipinski definition) is 2. The zero-order valence-corrected chi connectivity index (χ0v) is 17.0. The molecule has 0 bridgehead atoms. The van der Waals surface area contributed by atoms with Gasteiger partial charge in [-0.1, -0.05) is 54.6 Å². The zero-order valence-electron chi connectivity index (χ0n) is 13.0. The monoisotopic (exact) mass is 561 g/mol. The predicted octanol–water partition coefficient (Wildman–Crippen LogP) is 3.57. The van der Waals surface area contributed by atoms with Crippen molar-refractivity contribution >= 4 is 31.8 Å². The minimum Gasteiger partial charge on any atom is -0.749 e. The summed E-state index contributed by atoms with van der Waals surface area (Å²) in [6, 6.07) is 32.5. The van der Waals surface area contributed by atoms with Gasteiger partial charge in [-0.05, 0) is 36.4 Å². The molecule has 0 aliphatic rings. The molecule has 3 rings (SSSR count). The summed E-state index contributed by atoms with van der Waals surface area (Å²) in [5.74, 6) is 0. The average Bonchev–Trinajstić information content (AvgIpc) is 2.57. The van der Waals surface area contributed by atoms with Crippen molar-refractivity contribution in [3.8, 4) is 0 Å². The molecule has 25 heavy (non-hydrogen) atoms. The average molecular weight is 561 g/mol. The van der Waals surface area contributed by atoms with E-state index in [1.54, 1.807) is 0 Å². The van der Waals surface area contributed by atoms with Crippen molar-refractivity contribution in [3.63, 3.8) is 0 Å². The summed E-state index contributed by atoms with van der Waals surface area (Å²) in [5, 5.41) is 4.31. The molecule has 3 aromatic carbocycles. The Morgan fingerprint density at radius 3 is 1.04 bits per heavy atom. The molecule has 0 radical (unpaired) electrons. The molecule has 3 aromatic rings. The summed E-state index contributed by atoms with van der Waals surface area (Å²) < 4.78 is 28.4. The summed E-state index contributed by atoms with van der Waals surface area (Å²) in [4.78, 5) is 8.33. The van der Waals surface area contributed by atoms with Crippen LogP contribution in [0, 0.1) is 0 Å². The van der Waals surface area contributed by atoms with Crippen LogP contribution in [0.2, 0.25) is 0 Å². The second kappa shape index (κ2) is 10.8. The molecular formula is C18H16AuF2O2P2+. The van der Waals surface area contributed by atoms with Crippen LogP contribution in [0.1, 0.15) is 0 Å². The fourth-order valence-electron chi connectivity index (χ4n) is 2.31. The van der Waals surface area contributed by atoms with Crippen molar-refractivity contribution in [2.75, 3.05) is 0 Å². The minimum absolute atomic E-state index is 0. The number of benzene rings is 3. The second-order valence-electron chi connectivity index (χ2n) is 4.89. The van der Waals surface area contributed by atoms with E-state index in [0.29, 0.717) is 0 Å². The molecule has 134 valence electrons. The Hall–Kier alpha value is -1.12. The molecule has 0 aliphatic heterocycles. The smallest absolute Gasteiger partial charge is 0.749 e. The molecule has 0 spiro atoms. The van der Waals surface area contributed by atoms with Gasteiger partial charge >= 0.3 is 30.4 Å². The Morgan fingerprint density at radius 1 is 0.640 bits per heavy atom. The molecule has 0 atom stereocenters. The number of rotatable bonds is 3. The predicted molar refractivity (Wildman–Crippen MR) is 96.4 cm³/mol. The van der Waals surface area contributed by atoms with E-state index in [4.69, 9.17) is 9.46 Å². The summed E-state index contributed by atoms with van der Waals surface area (Å²) in [5.41, 5.74) is 0. The Kier molecular flexibility index (Phi) is 9.45. The van der Waals surface area contributed by atoms with Crippen LogP contribution in [-0.4, -0.2) is 0 Å². The van der Waals surface area contributed by atoms with E-state index in [1.807, 2.05) is 0 Å². The summed E-state index contributed by atoms with van der Waals surface area (Å²) in [6.07, 6.45) is 0. The Bertz CT molecular complexity index is 682. The van der Waals surface area contributed by atoms with Gasteiger partial charge < -0.3 is 4.89 Å². The second-order valence-corrected chi connectivity index (χ2v) is 8.20. The van der Waals surface area contributed by atoms with Gasteiger partial charge in [0.25, 0.3) is 0 Å². The van der Waals surface area contributed by atoms with E-state index in [9.17, 15) is 8.39 Å². The van der Waals surface area contributed by atoms with Crippen molar-refractivity contribution in [1.29, 1.82) is 0 Å². The Balaban J connectivity index is 0.000000462. The summed E-state index contributed by atoms with van der Waals surface area (Å²) in [7, 11) is -6.77. The zero-order chi connectivity index (χ0) is 17.4. The summed E-state index contributed by atoms with van der Waals surface area (Å²) >= 11 is 0. The van der Waals surface area contributed by atoms with Crippen LogP contribution in [0.5, 0.6) is 0 Å². The molecule has 0 amide bonds. The third kappa shape index (κ3) is 8.20. The normalized spacial score (nSPS) is 10.4. The first-order valence-corrected chi connectivity index (χ1v) is 10.1. The van der Waals surface area contributed by atoms with Gasteiger partial charge in [0.1, 0.15) is 15.9 Å². The maximum atomic E-state index is 10.0. The molecule has 0 N–H and O–H groups in total. The third-order valence-corrected chi connectivity index (χ3v) is 5.92. The molecule has 0 saturated carbocycles. The van der Waals surface area contributed by atoms with Crippen LogP contribution in [0.15, 0.2) is 91.0 Å². The molecule has 0 heterocycles. The van der Waals surface area contributed by atoms with E-state index in [2.05, 4.69) is 91.0 Å². The first-order valence-electron chi connectivity index (χ1n) is 7.19. The van der Waals surface area contributed by atoms with Crippen molar-refractivity contribution in [2.45, 2.75) is 0 Å². The number of hydrogen-bond donors (Lipinski definition) is 0. The maximum Gasteiger partial charge on any atom is 1.00 e. The van der Waals surface area contributed by atoms with Gasteiger partial charge in [0.15, 0.2) is 0 Å². The van der Waals surface area contributed by atoms with Crippen LogP contribution in [0.4, 0.5) is 8.39 Å². The van der Waals surface area contributed by atoms with E-state index in [0.717, 1.165) is 0 Å². The van der Waals surface area contributed by atoms with Gasteiger partial charge in [0.2, 0.25) is 0 Å². The van der Waals surface area contributed by atoms with Gasteiger partial charge in [0, 0.05) is 0 Å². The standard InChI is InChI=1S/C18H15P.Au.F2HO2P/c1-4-10-16(11-5-1)19(17-12-6-2-7-13-17)18-14-8-3-9-15-18;;1-5(2,3)4/h1-15H;;(H,3,4)/q;+1;. The fraction of sp³-hybridized carbons (Fsp3) is 0. The van der Waals surface area contributed by atoms with Gasteiger partial charge in [-0.3, -0.25) is 4.57 Å².